The molecule has 0 aliphatic rings. The zero-order valence-electron chi connectivity index (χ0n) is 35.0. The number of aliphatic hydroxyl groups is 1. The summed E-state index contributed by atoms with van der Waals surface area (Å²) in [5.74, 6) is -0.169. The summed E-state index contributed by atoms with van der Waals surface area (Å²) in [5.41, 5.74) is 0. The van der Waals surface area contributed by atoms with Crippen LogP contribution in [0.5, 0.6) is 0 Å². The van der Waals surface area contributed by atoms with Crippen LogP contribution < -0.4 is 10.2 Å². The molecule has 0 fully saturated rings. The second-order valence-corrected chi connectivity index (χ2v) is 17.8. The van der Waals surface area contributed by atoms with Crippen molar-refractivity contribution < 1.29 is 32.9 Å². The van der Waals surface area contributed by atoms with E-state index in [2.05, 4.69) is 31.3 Å². The first kappa shape index (κ1) is 51.2. The molecule has 0 aliphatic heterocycles. The summed E-state index contributed by atoms with van der Waals surface area (Å²) in [4.78, 5) is 25.2. The van der Waals surface area contributed by atoms with E-state index in [0.29, 0.717) is 23.9 Å². The fourth-order valence-electron chi connectivity index (χ4n) is 6.45. The summed E-state index contributed by atoms with van der Waals surface area (Å²) in [7, 11) is 1.31. The molecule has 310 valence electrons. The first-order valence-corrected chi connectivity index (χ1v) is 23.5. The van der Waals surface area contributed by atoms with Gasteiger partial charge in [-0.3, -0.25) is 9.36 Å². The number of rotatable bonds is 40. The lowest BCUT2D eigenvalue weighted by molar-refractivity contribution is -0.870. The quantitative estimate of drug-likeness (QED) is 0.0279. The Kier molecular flexibility index (Phi) is 35.4. The number of carbonyl (C=O) groups excluding carboxylic acids is 1. The lowest BCUT2D eigenvalue weighted by atomic mass is 10.0. The smallest absolute Gasteiger partial charge is 0.268 e. The first-order valence-electron chi connectivity index (χ1n) is 22.0. The monoisotopic (exact) mass is 759 g/mol. The molecule has 1 amide bonds. The van der Waals surface area contributed by atoms with Crippen LogP contribution in [0, 0.1) is 0 Å². The summed E-state index contributed by atoms with van der Waals surface area (Å²) < 4.78 is 23.1. The minimum Gasteiger partial charge on any atom is -0.756 e. The highest BCUT2D eigenvalue weighted by atomic mass is 31.2. The first-order chi connectivity index (χ1) is 25.0. The van der Waals surface area contributed by atoms with Crippen molar-refractivity contribution in [3.05, 3.63) is 12.2 Å². The maximum absolute atomic E-state index is 12.8. The fourth-order valence-corrected chi connectivity index (χ4v) is 7.17. The molecule has 0 radical (unpaired) electrons. The normalized spacial score (nSPS) is 14.5. The van der Waals surface area contributed by atoms with Gasteiger partial charge in [0.2, 0.25) is 5.91 Å². The van der Waals surface area contributed by atoms with Crippen LogP contribution in [-0.2, 0) is 18.4 Å². The van der Waals surface area contributed by atoms with Gasteiger partial charge >= 0.3 is 0 Å². The SMILES string of the molecule is CCCCCCCCCC/C=C\CCCCCCCCCCCCCC(=O)NC(COP(=O)([O-])OCC[N+](C)(C)C)C(O)CCCCCCCCC. The number of unbranched alkanes of at least 4 members (excludes halogenated alkanes) is 25. The fraction of sp³-hybridized carbons (Fsp3) is 0.930. The Labute approximate surface area is 322 Å². The van der Waals surface area contributed by atoms with Crippen LogP contribution in [-0.4, -0.2) is 68.5 Å². The number of hydrogen-bond donors (Lipinski definition) is 2. The molecular formula is C43H87N2O6P. The standard InChI is InChI=1S/C43H87N2O6P/c1-6-8-10-12-14-15-16-17-18-19-20-21-22-23-24-25-26-27-28-29-31-33-35-37-43(47)44-41(42(46)36-34-32-30-13-11-9-7-2)40-51-52(48,49)50-39-38-45(3,4)5/h19-20,41-42,46H,6-18,21-40H2,1-5H3,(H-,44,47,48,49)/b20-19-. The molecule has 2 N–H and O–H groups in total. The largest absolute Gasteiger partial charge is 0.756 e. The second-order valence-electron chi connectivity index (χ2n) is 16.4. The van der Waals surface area contributed by atoms with Crippen molar-refractivity contribution in [2.45, 2.75) is 219 Å². The molecule has 0 bridgehead atoms. The van der Waals surface area contributed by atoms with E-state index in [1.54, 1.807) is 0 Å². The molecule has 52 heavy (non-hydrogen) atoms. The molecule has 8 nitrogen and oxygen atoms in total. The Bertz CT molecular complexity index is 865. The summed E-state index contributed by atoms with van der Waals surface area (Å²) in [6, 6.07) is -0.794. The predicted octanol–water partition coefficient (Wildman–Crippen LogP) is 11.3. The molecule has 0 aliphatic carbocycles. The van der Waals surface area contributed by atoms with Gasteiger partial charge in [0.1, 0.15) is 13.2 Å². The van der Waals surface area contributed by atoms with Gasteiger partial charge in [0.25, 0.3) is 7.82 Å². The average Bonchev–Trinajstić information content (AvgIpc) is 3.09. The van der Waals surface area contributed by atoms with Crippen molar-refractivity contribution in [2.75, 3.05) is 40.9 Å². The molecule has 0 heterocycles. The summed E-state index contributed by atoms with van der Waals surface area (Å²) in [5, 5.41) is 13.8. The molecule has 3 unspecified atom stereocenters. The van der Waals surface area contributed by atoms with Crippen LogP contribution in [0.1, 0.15) is 206 Å². The van der Waals surface area contributed by atoms with E-state index >= 15 is 0 Å². The number of phosphoric ester groups is 1. The molecule has 0 saturated heterocycles. The Morgan fingerprint density at radius 1 is 0.654 bits per heavy atom. The minimum absolute atomic E-state index is 0.0133. The highest BCUT2D eigenvalue weighted by Crippen LogP contribution is 2.38. The molecule has 9 heteroatoms. The summed E-state index contributed by atoms with van der Waals surface area (Å²) >= 11 is 0. The number of carbonyl (C=O) groups is 1. The summed E-state index contributed by atoms with van der Waals surface area (Å²) in [6.45, 7) is 4.67. The number of nitrogens with zero attached hydrogens (tertiary/aromatic N) is 1. The highest BCUT2D eigenvalue weighted by molar-refractivity contribution is 7.45. The number of likely N-dealkylation sites (N-methyl/N-ethyl adjacent to an activating group) is 1. The van der Waals surface area contributed by atoms with E-state index in [1.807, 2.05) is 21.1 Å². The molecule has 0 aromatic rings. The Morgan fingerprint density at radius 3 is 1.50 bits per heavy atom. The minimum atomic E-state index is -4.55. The number of quaternary nitrogens is 1. The van der Waals surface area contributed by atoms with Crippen molar-refractivity contribution in [2.24, 2.45) is 0 Å². The van der Waals surface area contributed by atoms with Crippen LogP contribution in [0.4, 0.5) is 0 Å². The van der Waals surface area contributed by atoms with Crippen LogP contribution >= 0.6 is 7.82 Å². The van der Waals surface area contributed by atoms with Crippen molar-refractivity contribution in [1.29, 1.82) is 0 Å². The molecule has 0 saturated carbocycles. The molecule has 0 aromatic heterocycles. The highest BCUT2D eigenvalue weighted by Gasteiger charge is 2.24. The van der Waals surface area contributed by atoms with Crippen molar-refractivity contribution in [3.63, 3.8) is 0 Å². The second kappa shape index (κ2) is 35.9. The van der Waals surface area contributed by atoms with E-state index in [9.17, 15) is 19.4 Å². The maximum atomic E-state index is 12.8. The Hall–Kier alpha value is -0.760. The topological polar surface area (TPSA) is 108 Å². The van der Waals surface area contributed by atoms with E-state index < -0.39 is 20.0 Å². The van der Waals surface area contributed by atoms with Crippen molar-refractivity contribution in [1.82, 2.24) is 5.32 Å². The van der Waals surface area contributed by atoms with Gasteiger partial charge in [0.05, 0.1) is 39.9 Å². The predicted molar refractivity (Wildman–Crippen MR) is 219 cm³/mol. The van der Waals surface area contributed by atoms with Gasteiger partial charge < -0.3 is 28.8 Å². The van der Waals surface area contributed by atoms with E-state index in [1.165, 1.54) is 141 Å². The van der Waals surface area contributed by atoms with Gasteiger partial charge in [-0.05, 0) is 38.5 Å². The van der Waals surface area contributed by atoms with Gasteiger partial charge in [-0.1, -0.05) is 174 Å². The van der Waals surface area contributed by atoms with E-state index in [-0.39, 0.29) is 19.1 Å². The Morgan fingerprint density at radius 2 is 1.06 bits per heavy atom. The van der Waals surface area contributed by atoms with Crippen LogP contribution in [0.3, 0.4) is 0 Å². The van der Waals surface area contributed by atoms with Crippen LogP contribution in [0.15, 0.2) is 12.2 Å². The lowest BCUT2D eigenvalue weighted by Crippen LogP contribution is -2.46. The van der Waals surface area contributed by atoms with E-state index in [4.69, 9.17) is 9.05 Å². The van der Waals surface area contributed by atoms with Gasteiger partial charge in [-0.15, -0.1) is 0 Å². The van der Waals surface area contributed by atoms with Gasteiger partial charge in [0, 0.05) is 6.42 Å². The zero-order valence-corrected chi connectivity index (χ0v) is 35.9. The number of hydrogen-bond acceptors (Lipinski definition) is 6. The molecule has 0 spiro atoms. The molecular weight excluding hydrogens is 671 g/mol. The summed E-state index contributed by atoms with van der Waals surface area (Å²) in [6.07, 6.45) is 39.6. The average molecular weight is 759 g/mol. The zero-order chi connectivity index (χ0) is 38.6. The van der Waals surface area contributed by atoms with Crippen LogP contribution in [0.25, 0.3) is 0 Å². The maximum Gasteiger partial charge on any atom is 0.268 e. The number of allylic oxidation sites excluding steroid dienone is 2. The number of nitrogens with one attached hydrogen (secondary N) is 1. The third-order valence-electron chi connectivity index (χ3n) is 10.0. The lowest BCUT2D eigenvalue weighted by Gasteiger charge is -2.30. The third kappa shape index (κ3) is 37.6. The Balaban J connectivity index is 4.09. The van der Waals surface area contributed by atoms with Crippen molar-refractivity contribution in [3.8, 4) is 0 Å². The van der Waals surface area contributed by atoms with Crippen LogP contribution in [0.2, 0.25) is 0 Å². The molecule has 3 atom stereocenters. The van der Waals surface area contributed by atoms with Gasteiger partial charge in [-0.2, -0.15) is 0 Å². The number of aliphatic hydroxyl groups excluding tert-OH is 1. The van der Waals surface area contributed by atoms with E-state index in [0.717, 1.165) is 38.5 Å². The molecule has 0 aromatic carbocycles. The number of amides is 1. The third-order valence-corrected chi connectivity index (χ3v) is 11.0. The number of phosphoric acid groups is 1. The molecule has 0 rings (SSSR count). The van der Waals surface area contributed by atoms with Crippen molar-refractivity contribution >= 4 is 13.7 Å². The van der Waals surface area contributed by atoms with Gasteiger partial charge in [0.15, 0.2) is 0 Å². The van der Waals surface area contributed by atoms with Gasteiger partial charge in [-0.25, -0.2) is 0 Å².